The lowest BCUT2D eigenvalue weighted by Crippen LogP contribution is -2.50. The van der Waals surface area contributed by atoms with Gasteiger partial charge >= 0.3 is 18.5 Å². The van der Waals surface area contributed by atoms with Gasteiger partial charge in [0.15, 0.2) is 0 Å². The van der Waals surface area contributed by atoms with Gasteiger partial charge in [-0.2, -0.15) is 39.5 Å². The molecule has 0 saturated carbocycles. The largest absolute Gasteiger partial charge is 0.416 e. The molecule has 2 fully saturated rings. The predicted molar refractivity (Wildman–Crippen MR) is 107 cm³/mol. The topological polar surface area (TPSA) is 3.24 Å². The first-order chi connectivity index (χ1) is 15.6. The maximum absolute atomic E-state index is 13.7. The van der Waals surface area contributed by atoms with E-state index >= 15 is 0 Å². The summed E-state index contributed by atoms with van der Waals surface area (Å²) in [6.45, 7) is 1.75. The molecule has 4 rings (SSSR count). The Labute approximate surface area is 190 Å². The van der Waals surface area contributed by atoms with Crippen LogP contribution in [0.3, 0.4) is 0 Å². The van der Waals surface area contributed by atoms with Crippen molar-refractivity contribution in [3.8, 4) is 0 Å². The van der Waals surface area contributed by atoms with E-state index in [0.29, 0.717) is 37.3 Å². The van der Waals surface area contributed by atoms with Gasteiger partial charge in [0.05, 0.1) is 16.7 Å². The SMILES string of the molecule is C[C@@H]1C[C@H]2CC[C@@](c3ccc(C(F)(F)F)cc3)(C1)N2Cc1ccc(C(F)(F)F)cc1C(F)(F)F. The highest BCUT2D eigenvalue weighted by Crippen LogP contribution is 2.53. The Morgan fingerprint density at radius 1 is 0.824 bits per heavy atom. The molecule has 0 unspecified atom stereocenters. The molecule has 0 radical (unpaired) electrons. The van der Waals surface area contributed by atoms with Crippen molar-refractivity contribution in [3.63, 3.8) is 0 Å². The molecule has 186 valence electrons. The fourth-order valence-corrected chi connectivity index (χ4v) is 5.66. The second-order valence-corrected chi connectivity index (χ2v) is 9.34. The Balaban J connectivity index is 1.75. The smallest absolute Gasteiger partial charge is 0.286 e. The molecule has 0 aromatic heterocycles. The fourth-order valence-electron chi connectivity index (χ4n) is 5.66. The average molecular weight is 495 g/mol. The minimum absolute atomic E-state index is 0.116. The summed E-state index contributed by atoms with van der Waals surface area (Å²) in [5.41, 5.74) is -4.02. The van der Waals surface area contributed by atoms with Crippen molar-refractivity contribution in [2.24, 2.45) is 5.92 Å². The third-order valence-electron chi connectivity index (χ3n) is 7.08. The summed E-state index contributed by atoms with van der Waals surface area (Å²) in [6.07, 6.45) is -12.0. The number of nitrogens with zero attached hydrogens (tertiary/aromatic N) is 1. The van der Waals surface area contributed by atoms with Crippen molar-refractivity contribution >= 4 is 0 Å². The average Bonchev–Trinajstić information content (AvgIpc) is 2.93. The monoisotopic (exact) mass is 495 g/mol. The second kappa shape index (κ2) is 8.17. The van der Waals surface area contributed by atoms with Crippen LogP contribution in [-0.4, -0.2) is 10.9 Å². The van der Waals surface area contributed by atoms with Crippen molar-refractivity contribution in [1.29, 1.82) is 0 Å². The van der Waals surface area contributed by atoms with Gasteiger partial charge < -0.3 is 0 Å². The van der Waals surface area contributed by atoms with Crippen LogP contribution in [0.25, 0.3) is 0 Å². The number of halogens is 9. The van der Waals surface area contributed by atoms with Crippen LogP contribution in [0.2, 0.25) is 0 Å². The van der Waals surface area contributed by atoms with E-state index in [-0.39, 0.29) is 30.1 Å². The number of benzene rings is 2. The molecule has 2 aromatic carbocycles. The van der Waals surface area contributed by atoms with Crippen LogP contribution in [0.5, 0.6) is 0 Å². The maximum atomic E-state index is 13.7. The predicted octanol–water partition coefficient (Wildman–Crippen LogP) is 8.03. The van der Waals surface area contributed by atoms with E-state index in [4.69, 9.17) is 0 Å². The molecular formula is C24H22F9N. The normalized spacial score (nSPS) is 26.2. The summed E-state index contributed by atoms with van der Waals surface area (Å²) in [5.74, 6) is 0.195. The van der Waals surface area contributed by atoms with Gasteiger partial charge in [0, 0.05) is 18.1 Å². The van der Waals surface area contributed by atoms with Crippen molar-refractivity contribution in [1.82, 2.24) is 4.90 Å². The molecular weight excluding hydrogens is 473 g/mol. The van der Waals surface area contributed by atoms with Gasteiger partial charge in [-0.05, 0) is 67.0 Å². The third-order valence-corrected chi connectivity index (χ3v) is 7.08. The molecule has 2 heterocycles. The first-order valence-electron chi connectivity index (χ1n) is 10.8. The zero-order valence-electron chi connectivity index (χ0n) is 18.1. The van der Waals surface area contributed by atoms with Crippen LogP contribution in [-0.2, 0) is 30.6 Å². The summed E-state index contributed by atoms with van der Waals surface area (Å²) in [5, 5.41) is 0. The van der Waals surface area contributed by atoms with E-state index in [9.17, 15) is 39.5 Å². The summed E-state index contributed by atoms with van der Waals surface area (Å²) < 4.78 is 120. The van der Waals surface area contributed by atoms with Crippen molar-refractivity contribution < 1.29 is 39.5 Å². The van der Waals surface area contributed by atoms with Crippen LogP contribution in [0, 0.1) is 5.92 Å². The van der Waals surface area contributed by atoms with E-state index in [1.165, 1.54) is 12.1 Å². The van der Waals surface area contributed by atoms with Gasteiger partial charge in [0.1, 0.15) is 0 Å². The second-order valence-electron chi connectivity index (χ2n) is 9.34. The third kappa shape index (κ3) is 4.53. The summed E-state index contributed by atoms with van der Waals surface area (Å²) >= 11 is 0. The van der Waals surface area contributed by atoms with Crippen molar-refractivity contribution in [2.45, 2.75) is 69.3 Å². The van der Waals surface area contributed by atoms with E-state index in [0.717, 1.165) is 18.2 Å². The Morgan fingerprint density at radius 3 is 1.97 bits per heavy atom. The van der Waals surface area contributed by atoms with Gasteiger partial charge in [-0.3, -0.25) is 4.90 Å². The summed E-state index contributed by atoms with van der Waals surface area (Å²) in [6, 6.07) is 6.19. The van der Waals surface area contributed by atoms with Gasteiger partial charge in [0.25, 0.3) is 0 Å². The molecule has 0 aliphatic carbocycles. The Hall–Kier alpha value is -2.23. The molecule has 2 aliphatic heterocycles. The molecule has 0 N–H and O–H groups in total. The van der Waals surface area contributed by atoms with E-state index in [2.05, 4.69) is 0 Å². The number of alkyl halides is 9. The van der Waals surface area contributed by atoms with Gasteiger partial charge in [-0.15, -0.1) is 0 Å². The molecule has 34 heavy (non-hydrogen) atoms. The quantitative estimate of drug-likeness (QED) is 0.390. The Morgan fingerprint density at radius 2 is 1.41 bits per heavy atom. The maximum Gasteiger partial charge on any atom is 0.416 e. The van der Waals surface area contributed by atoms with Crippen LogP contribution in [0.15, 0.2) is 42.5 Å². The molecule has 3 atom stereocenters. The summed E-state index contributed by atoms with van der Waals surface area (Å²) in [4.78, 5) is 1.85. The minimum Gasteiger partial charge on any atom is -0.286 e. The zero-order valence-corrected chi connectivity index (χ0v) is 18.1. The molecule has 0 amide bonds. The fraction of sp³-hybridized carbons (Fsp3) is 0.500. The van der Waals surface area contributed by atoms with E-state index in [1.807, 2.05) is 11.8 Å². The lowest BCUT2D eigenvalue weighted by atomic mass is 9.77. The molecule has 2 bridgehead atoms. The van der Waals surface area contributed by atoms with Crippen LogP contribution in [0.4, 0.5) is 39.5 Å². The summed E-state index contributed by atoms with van der Waals surface area (Å²) in [7, 11) is 0. The number of hydrogen-bond donors (Lipinski definition) is 0. The number of rotatable bonds is 3. The first-order valence-corrected chi connectivity index (χ1v) is 10.8. The van der Waals surface area contributed by atoms with Gasteiger partial charge in [-0.1, -0.05) is 25.1 Å². The molecule has 1 nitrogen and oxygen atoms in total. The van der Waals surface area contributed by atoms with Gasteiger partial charge in [0.2, 0.25) is 0 Å². The number of piperidine rings is 1. The molecule has 10 heteroatoms. The minimum atomic E-state index is -4.99. The van der Waals surface area contributed by atoms with Crippen LogP contribution in [0.1, 0.15) is 60.4 Å². The lowest BCUT2D eigenvalue weighted by molar-refractivity contribution is -0.144. The van der Waals surface area contributed by atoms with Gasteiger partial charge in [-0.25, -0.2) is 0 Å². The highest BCUT2D eigenvalue weighted by Gasteiger charge is 2.52. The molecule has 2 saturated heterocycles. The Kier molecular flexibility index (Phi) is 5.98. The van der Waals surface area contributed by atoms with Crippen LogP contribution < -0.4 is 0 Å². The number of hydrogen-bond acceptors (Lipinski definition) is 1. The molecule has 0 spiro atoms. The van der Waals surface area contributed by atoms with Crippen LogP contribution >= 0.6 is 0 Å². The number of fused-ring (bicyclic) bond motifs is 2. The van der Waals surface area contributed by atoms with Crippen molar-refractivity contribution in [2.75, 3.05) is 0 Å². The highest BCUT2D eigenvalue weighted by atomic mass is 19.4. The van der Waals surface area contributed by atoms with Crippen molar-refractivity contribution in [3.05, 3.63) is 70.3 Å². The zero-order chi connectivity index (χ0) is 25.1. The Bertz CT molecular complexity index is 1040. The molecule has 2 aliphatic rings. The molecule has 2 aromatic rings. The van der Waals surface area contributed by atoms with E-state index < -0.39 is 40.8 Å². The van der Waals surface area contributed by atoms with E-state index in [1.54, 1.807) is 0 Å². The lowest BCUT2D eigenvalue weighted by Gasteiger charge is -2.48. The highest BCUT2D eigenvalue weighted by molar-refractivity contribution is 5.37. The first kappa shape index (κ1) is 24.9. The standard InChI is InChI=1S/C24H22F9N/c1-14-10-19-8-9-21(12-14,16-4-6-17(7-5-16)22(25,26)27)34(19)13-15-2-3-18(23(28,29)30)11-20(15)24(31,32)33/h2-7,11,14,19H,8-10,12-13H2,1H3/t14-,19-,21+/m1/s1.